The Hall–Kier alpha value is -3.09. The van der Waals surface area contributed by atoms with Crippen molar-refractivity contribution in [3.63, 3.8) is 0 Å². The Balaban J connectivity index is 2.06. The molecule has 1 N–H and O–H groups in total. The molecule has 0 aliphatic heterocycles. The molecule has 7 heteroatoms. The third-order valence-corrected chi connectivity index (χ3v) is 3.23. The lowest BCUT2D eigenvalue weighted by Gasteiger charge is -1.98. The van der Waals surface area contributed by atoms with Crippen molar-refractivity contribution in [2.24, 2.45) is 10.2 Å². The van der Waals surface area contributed by atoms with Crippen molar-refractivity contribution in [3.05, 3.63) is 59.7 Å². The van der Waals surface area contributed by atoms with E-state index in [-0.39, 0.29) is 12.2 Å². The van der Waals surface area contributed by atoms with E-state index in [1.54, 1.807) is 10.6 Å². The number of aromatic nitrogens is 2. The zero-order chi connectivity index (χ0) is 16.4. The molecule has 1 aromatic carbocycles. The number of fused-ring (bicyclic) bond motifs is 1. The van der Waals surface area contributed by atoms with Crippen LogP contribution in [-0.4, -0.2) is 20.5 Å². The summed E-state index contributed by atoms with van der Waals surface area (Å²) < 4.78 is 14.6. The topological polar surface area (TPSA) is 79.3 Å². The maximum absolute atomic E-state index is 12.9. The first-order chi connectivity index (χ1) is 11.0. The molecule has 0 aliphatic carbocycles. The molecule has 3 aromatic rings. The van der Waals surface area contributed by atoms with Crippen LogP contribution >= 0.6 is 0 Å². The van der Waals surface area contributed by atoms with E-state index in [2.05, 4.69) is 15.2 Å². The van der Waals surface area contributed by atoms with Crippen LogP contribution in [0.4, 0.5) is 15.9 Å². The lowest BCUT2D eigenvalue weighted by molar-refractivity contribution is -0.136. The first-order valence-corrected chi connectivity index (χ1v) is 6.89. The van der Waals surface area contributed by atoms with Gasteiger partial charge in [0.2, 0.25) is 0 Å². The Kier molecular flexibility index (Phi) is 3.84. The van der Waals surface area contributed by atoms with Gasteiger partial charge in [0.05, 0.1) is 17.8 Å². The number of azo groups is 1. The highest BCUT2D eigenvalue weighted by Gasteiger charge is 2.15. The average molecular weight is 312 g/mol. The molecule has 0 bridgehead atoms. The van der Waals surface area contributed by atoms with Gasteiger partial charge in [0.1, 0.15) is 11.5 Å². The highest BCUT2D eigenvalue weighted by atomic mass is 19.1. The number of carbonyl (C=O) groups is 1. The van der Waals surface area contributed by atoms with Crippen LogP contribution in [0.25, 0.3) is 5.65 Å². The molecule has 0 unspecified atom stereocenters. The second-order valence-corrected chi connectivity index (χ2v) is 5.06. The number of rotatable bonds is 4. The molecule has 0 fully saturated rings. The highest BCUT2D eigenvalue weighted by molar-refractivity contribution is 5.72. The SMILES string of the molecule is Cc1ccn2c(N=Nc3ccc(F)cc3)c(CC(=O)O)nc2c1. The summed E-state index contributed by atoms with van der Waals surface area (Å²) in [5.41, 5.74) is 2.41. The molecule has 0 radical (unpaired) electrons. The van der Waals surface area contributed by atoms with Gasteiger partial charge in [-0.15, -0.1) is 10.2 Å². The number of hydrogen-bond acceptors (Lipinski definition) is 4. The summed E-state index contributed by atoms with van der Waals surface area (Å²) in [7, 11) is 0. The minimum Gasteiger partial charge on any atom is -0.481 e. The molecular formula is C16H13FN4O2. The van der Waals surface area contributed by atoms with Crippen LogP contribution < -0.4 is 0 Å². The summed E-state index contributed by atoms with van der Waals surface area (Å²) in [5.74, 6) is -1.00. The van der Waals surface area contributed by atoms with E-state index in [9.17, 15) is 9.18 Å². The van der Waals surface area contributed by atoms with E-state index < -0.39 is 5.97 Å². The summed E-state index contributed by atoms with van der Waals surface area (Å²) in [6.07, 6.45) is 1.51. The van der Waals surface area contributed by atoms with Crippen molar-refractivity contribution in [1.29, 1.82) is 0 Å². The van der Waals surface area contributed by atoms with Crippen LogP contribution in [0.15, 0.2) is 52.8 Å². The molecule has 2 heterocycles. The van der Waals surface area contributed by atoms with Gasteiger partial charge < -0.3 is 5.11 Å². The van der Waals surface area contributed by atoms with Gasteiger partial charge in [0.15, 0.2) is 5.82 Å². The van der Waals surface area contributed by atoms with Gasteiger partial charge >= 0.3 is 5.97 Å². The predicted octanol–water partition coefficient (Wildman–Crippen LogP) is 3.82. The molecule has 0 saturated carbocycles. The predicted molar refractivity (Wildman–Crippen MR) is 81.8 cm³/mol. The smallest absolute Gasteiger partial charge is 0.309 e. The van der Waals surface area contributed by atoms with Crippen molar-refractivity contribution in [3.8, 4) is 0 Å². The first kappa shape index (κ1) is 14.8. The Morgan fingerprint density at radius 1 is 1.26 bits per heavy atom. The lowest BCUT2D eigenvalue weighted by atomic mass is 10.3. The highest BCUT2D eigenvalue weighted by Crippen LogP contribution is 2.25. The number of carboxylic acids is 1. The molecule has 0 saturated heterocycles. The number of imidazole rings is 1. The Morgan fingerprint density at radius 3 is 2.70 bits per heavy atom. The zero-order valence-electron chi connectivity index (χ0n) is 12.3. The van der Waals surface area contributed by atoms with E-state index >= 15 is 0 Å². The Bertz CT molecular complexity index is 900. The summed E-state index contributed by atoms with van der Waals surface area (Å²) in [6.45, 7) is 1.92. The van der Waals surface area contributed by atoms with Crippen molar-refractivity contribution in [1.82, 2.24) is 9.38 Å². The number of carboxylic acid groups (broad SMARTS) is 1. The normalized spacial score (nSPS) is 11.4. The molecular weight excluding hydrogens is 299 g/mol. The van der Waals surface area contributed by atoms with E-state index in [0.29, 0.717) is 22.8 Å². The standard InChI is InChI=1S/C16H13FN4O2/c1-10-6-7-21-14(8-10)18-13(9-15(22)23)16(21)20-19-12-4-2-11(17)3-5-12/h2-8H,9H2,1H3,(H,22,23). The number of halogens is 1. The maximum atomic E-state index is 12.9. The van der Waals surface area contributed by atoms with Crippen LogP contribution in [0.5, 0.6) is 0 Å². The minimum absolute atomic E-state index is 0.251. The molecule has 116 valence electrons. The summed E-state index contributed by atoms with van der Waals surface area (Å²) in [5, 5.41) is 17.2. The number of nitrogens with zero attached hydrogens (tertiary/aromatic N) is 4. The number of pyridine rings is 1. The Labute approximate surface area is 130 Å². The molecule has 0 aliphatic rings. The van der Waals surface area contributed by atoms with Gasteiger partial charge in [-0.25, -0.2) is 9.37 Å². The third-order valence-electron chi connectivity index (χ3n) is 3.23. The fourth-order valence-corrected chi connectivity index (χ4v) is 2.16. The van der Waals surface area contributed by atoms with E-state index in [1.165, 1.54) is 24.3 Å². The molecule has 3 rings (SSSR count). The molecule has 2 aromatic heterocycles. The van der Waals surface area contributed by atoms with Crippen molar-refractivity contribution in [2.75, 3.05) is 0 Å². The summed E-state index contributed by atoms with van der Waals surface area (Å²) in [4.78, 5) is 15.3. The van der Waals surface area contributed by atoms with Crippen LogP contribution in [0.1, 0.15) is 11.3 Å². The monoisotopic (exact) mass is 312 g/mol. The van der Waals surface area contributed by atoms with Crippen molar-refractivity contribution < 1.29 is 14.3 Å². The molecule has 0 spiro atoms. The number of aliphatic carboxylic acids is 1. The van der Waals surface area contributed by atoms with Gasteiger partial charge in [-0.05, 0) is 48.9 Å². The Morgan fingerprint density at radius 2 is 2.00 bits per heavy atom. The number of hydrogen-bond donors (Lipinski definition) is 1. The maximum Gasteiger partial charge on any atom is 0.309 e. The van der Waals surface area contributed by atoms with Gasteiger partial charge in [-0.2, -0.15) is 0 Å². The minimum atomic E-state index is -0.997. The largest absolute Gasteiger partial charge is 0.481 e. The molecule has 0 amide bonds. The summed E-state index contributed by atoms with van der Waals surface area (Å²) in [6, 6.07) is 9.25. The average Bonchev–Trinajstić information content (AvgIpc) is 2.82. The molecule has 23 heavy (non-hydrogen) atoms. The fraction of sp³-hybridized carbons (Fsp3) is 0.125. The van der Waals surface area contributed by atoms with E-state index in [1.807, 2.05) is 19.1 Å². The summed E-state index contributed by atoms with van der Waals surface area (Å²) >= 11 is 0. The van der Waals surface area contributed by atoms with E-state index in [4.69, 9.17) is 5.11 Å². The van der Waals surface area contributed by atoms with Crippen molar-refractivity contribution >= 4 is 23.1 Å². The number of aryl methyl sites for hydroxylation is 1. The second kappa shape index (κ2) is 5.96. The fourth-order valence-electron chi connectivity index (χ4n) is 2.16. The van der Waals surface area contributed by atoms with Gasteiger partial charge in [0, 0.05) is 6.20 Å². The van der Waals surface area contributed by atoms with Gasteiger partial charge in [-0.3, -0.25) is 9.20 Å². The van der Waals surface area contributed by atoms with E-state index in [0.717, 1.165) is 5.56 Å². The van der Waals surface area contributed by atoms with Crippen LogP contribution in [0.2, 0.25) is 0 Å². The van der Waals surface area contributed by atoms with Crippen LogP contribution in [0.3, 0.4) is 0 Å². The van der Waals surface area contributed by atoms with Crippen LogP contribution in [-0.2, 0) is 11.2 Å². The molecule has 6 nitrogen and oxygen atoms in total. The van der Waals surface area contributed by atoms with Crippen LogP contribution in [0, 0.1) is 12.7 Å². The molecule has 0 atom stereocenters. The van der Waals surface area contributed by atoms with Gasteiger partial charge in [0.25, 0.3) is 0 Å². The zero-order valence-corrected chi connectivity index (χ0v) is 12.3. The third kappa shape index (κ3) is 3.23. The lowest BCUT2D eigenvalue weighted by Crippen LogP contribution is -2.00. The van der Waals surface area contributed by atoms with Crippen molar-refractivity contribution in [2.45, 2.75) is 13.3 Å². The second-order valence-electron chi connectivity index (χ2n) is 5.06. The quantitative estimate of drug-likeness (QED) is 0.744. The first-order valence-electron chi connectivity index (χ1n) is 6.89. The number of benzene rings is 1. The van der Waals surface area contributed by atoms with Gasteiger partial charge in [-0.1, -0.05) is 0 Å².